The highest BCUT2D eigenvalue weighted by atomic mass is 16.4. The zero-order chi connectivity index (χ0) is 10.4. The molecule has 0 saturated heterocycles. The summed E-state index contributed by atoms with van der Waals surface area (Å²) in [6.45, 7) is 3.37. The lowest BCUT2D eigenvalue weighted by atomic mass is 10.1. The van der Waals surface area contributed by atoms with Crippen molar-refractivity contribution in [1.29, 1.82) is 0 Å². The van der Waals surface area contributed by atoms with Crippen LogP contribution in [-0.2, 0) is 4.79 Å². The highest BCUT2D eigenvalue weighted by Gasteiger charge is 2.25. The Morgan fingerprint density at radius 2 is 2.00 bits per heavy atom. The van der Waals surface area contributed by atoms with E-state index in [1.54, 1.807) is 6.08 Å². The van der Waals surface area contributed by atoms with Crippen molar-refractivity contribution in [1.82, 2.24) is 0 Å². The minimum absolute atomic E-state index is 0.198. The van der Waals surface area contributed by atoms with E-state index in [0.29, 0.717) is 6.42 Å². The second kappa shape index (κ2) is 5.63. The maximum absolute atomic E-state index is 9.71. The molecule has 2 rings (SSSR count). The van der Waals surface area contributed by atoms with Crippen LogP contribution in [0.5, 0.6) is 0 Å². The first-order valence-electron chi connectivity index (χ1n) is 5.23. The molecule has 2 aliphatic carbocycles. The molecule has 2 bridgehead atoms. The maximum atomic E-state index is 9.71. The summed E-state index contributed by atoms with van der Waals surface area (Å²) >= 11 is 0. The molecule has 2 nitrogen and oxygen atoms in total. The molecule has 1 saturated carbocycles. The summed E-state index contributed by atoms with van der Waals surface area (Å²) < 4.78 is 0. The smallest absolute Gasteiger partial charge is 0.303 e. The van der Waals surface area contributed by atoms with E-state index in [9.17, 15) is 4.79 Å². The van der Waals surface area contributed by atoms with Gasteiger partial charge in [-0.15, -0.1) is 6.58 Å². The van der Waals surface area contributed by atoms with Gasteiger partial charge in [-0.2, -0.15) is 0 Å². The summed E-state index contributed by atoms with van der Waals surface area (Å²) in [5.41, 5.74) is 0. The molecule has 1 N–H and O–H groups in total. The lowest BCUT2D eigenvalue weighted by Crippen LogP contribution is -1.90. The van der Waals surface area contributed by atoms with Crippen molar-refractivity contribution in [2.45, 2.75) is 32.1 Å². The van der Waals surface area contributed by atoms with Crippen molar-refractivity contribution in [3.8, 4) is 0 Å². The largest absolute Gasteiger partial charge is 0.481 e. The van der Waals surface area contributed by atoms with E-state index >= 15 is 0 Å². The summed E-state index contributed by atoms with van der Waals surface area (Å²) in [6.07, 6.45) is 11.5. The molecule has 0 aromatic rings. The van der Waals surface area contributed by atoms with E-state index in [0.717, 1.165) is 11.8 Å². The van der Waals surface area contributed by atoms with Gasteiger partial charge < -0.3 is 5.11 Å². The highest BCUT2D eigenvalue weighted by molar-refractivity contribution is 5.66. The molecular weight excluding hydrogens is 176 g/mol. The van der Waals surface area contributed by atoms with Crippen LogP contribution in [-0.4, -0.2) is 11.1 Å². The fourth-order valence-electron chi connectivity index (χ4n) is 1.94. The Hall–Kier alpha value is -1.05. The van der Waals surface area contributed by atoms with Gasteiger partial charge in [0.25, 0.3) is 0 Å². The number of fused-ring (bicyclic) bond motifs is 2. The Kier molecular flexibility index (Phi) is 4.44. The van der Waals surface area contributed by atoms with Crippen LogP contribution in [0.2, 0.25) is 0 Å². The molecule has 78 valence electrons. The molecule has 2 unspecified atom stereocenters. The van der Waals surface area contributed by atoms with Gasteiger partial charge in [0.2, 0.25) is 0 Å². The number of carboxylic acids is 1. The van der Waals surface area contributed by atoms with Gasteiger partial charge in [-0.05, 0) is 37.5 Å². The quantitative estimate of drug-likeness (QED) is 0.701. The maximum Gasteiger partial charge on any atom is 0.303 e. The predicted molar refractivity (Wildman–Crippen MR) is 57.0 cm³/mol. The Labute approximate surface area is 85.3 Å². The molecule has 0 heterocycles. The second-order valence-electron chi connectivity index (χ2n) is 3.94. The monoisotopic (exact) mass is 194 g/mol. The van der Waals surface area contributed by atoms with E-state index in [-0.39, 0.29) is 6.42 Å². The number of allylic oxidation sites excluding steroid dienone is 3. The van der Waals surface area contributed by atoms with Crippen LogP contribution >= 0.6 is 0 Å². The minimum Gasteiger partial charge on any atom is -0.481 e. The molecule has 0 spiro atoms. The summed E-state index contributed by atoms with van der Waals surface area (Å²) in [4.78, 5) is 9.71. The van der Waals surface area contributed by atoms with Gasteiger partial charge in [0.15, 0.2) is 0 Å². The fraction of sp³-hybridized carbons (Fsp3) is 0.583. The van der Waals surface area contributed by atoms with Crippen LogP contribution < -0.4 is 0 Å². The number of hydrogen-bond donors (Lipinski definition) is 1. The molecule has 0 aromatic heterocycles. The van der Waals surface area contributed by atoms with Crippen LogP contribution in [0.4, 0.5) is 0 Å². The van der Waals surface area contributed by atoms with Crippen molar-refractivity contribution in [3.05, 3.63) is 24.8 Å². The molecule has 1 fully saturated rings. The number of aliphatic carboxylic acids is 1. The summed E-state index contributed by atoms with van der Waals surface area (Å²) in [7, 11) is 0. The first-order valence-corrected chi connectivity index (χ1v) is 5.23. The zero-order valence-electron chi connectivity index (χ0n) is 8.48. The van der Waals surface area contributed by atoms with E-state index in [1.807, 2.05) is 0 Å². The summed E-state index contributed by atoms with van der Waals surface area (Å²) in [5.74, 6) is 1.22. The van der Waals surface area contributed by atoms with Crippen molar-refractivity contribution in [2.24, 2.45) is 11.8 Å². The number of rotatable bonds is 3. The highest BCUT2D eigenvalue weighted by Crippen LogP contribution is 2.38. The van der Waals surface area contributed by atoms with E-state index < -0.39 is 5.97 Å². The average molecular weight is 194 g/mol. The molecule has 14 heavy (non-hydrogen) atoms. The van der Waals surface area contributed by atoms with Gasteiger partial charge in [0.05, 0.1) is 0 Å². The Morgan fingerprint density at radius 1 is 1.43 bits per heavy atom. The van der Waals surface area contributed by atoms with Crippen LogP contribution in [0.3, 0.4) is 0 Å². The molecule has 2 aliphatic rings. The first kappa shape index (κ1) is 11.0. The number of carboxylic acid groups (broad SMARTS) is 1. The second-order valence-corrected chi connectivity index (χ2v) is 3.94. The van der Waals surface area contributed by atoms with E-state index in [1.165, 1.54) is 19.3 Å². The minimum atomic E-state index is -0.764. The molecule has 0 amide bonds. The molecule has 2 atom stereocenters. The van der Waals surface area contributed by atoms with Crippen molar-refractivity contribution in [3.63, 3.8) is 0 Å². The van der Waals surface area contributed by atoms with Crippen LogP contribution in [0, 0.1) is 11.8 Å². The van der Waals surface area contributed by atoms with Gasteiger partial charge in [0, 0.05) is 6.42 Å². The average Bonchev–Trinajstić information content (AvgIpc) is 2.79. The third-order valence-corrected chi connectivity index (χ3v) is 2.73. The zero-order valence-corrected chi connectivity index (χ0v) is 8.48. The molecular formula is C12H18O2. The van der Waals surface area contributed by atoms with Gasteiger partial charge in [-0.3, -0.25) is 4.79 Å². The van der Waals surface area contributed by atoms with Gasteiger partial charge in [-0.25, -0.2) is 0 Å². The number of hydrogen-bond acceptors (Lipinski definition) is 1. The predicted octanol–water partition coefficient (Wildman–Crippen LogP) is 3.01. The third kappa shape index (κ3) is 3.77. The van der Waals surface area contributed by atoms with Gasteiger partial charge in [0.1, 0.15) is 0 Å². The van der Waals surface area contributed by atoms with Crippen molar-refractivity contribution < 1.29 is 9.90 Å². The van der Waals surface area contributed by atoms with Crippen LogP contribution in [0.15, 0.2) is 24.8 Å². The lowest BCUT2D eigenvalue weighted by Gasteiger charge is -1.96. The summed E-state index contributed by atoms with van der Waals surface area (Å²) in [5, 5.41) is 8.00. The Morgan fingerprint density at radius 3 is 2.14 bits per heavy atom. The van der Waals surface area contributed by atoms with E-state index in [4.69, 9.17) is 5.11 Å². The first-order chi connectivity index (χ1) is 6.72. The van der Waals surface area contributed by atoms with Crippen molar-refractivity contribution in [2.75, 3.05) is 0 Å². The number of carbonyl (C=O) groups is 1. The molecule has 0 aromatic carbocycles. The molecule has 0 aliphatic heterocycles. The van der Waals surface area contributed by atoms with Crippen molar-refractivity contribution >= 4 is 5.97 Å². The van der Waals surface area contributed by atoms with Gasteiger partial charge >= 0.3 is 5.97 Å². The topological polar surface area (TPSA) is 37.3 Å². The van der Waals surface area contributed by atoms with E-state index in [2.05, 4.69) is 18.7 Å². The molecule has 0 radical (unpaired) electrons. The normalized spacial score (nSPS) is 26.9. The Balaban J connectivity index is 0.000000140. The van der Waals surface area contributed by atoms with Crippen LogP contribution in [0.25, 0.3) is 0 Å². The molecule has 2 heteroatoms. The third-order valence-electron chi connectivity index (χ3n) is 2.73. The lowest BCUT2D eigenvalue weighted by molar-refractivity contribution is -0.136. The fourth-order valence-corrected chi connectivity index (χ4v) is 1.94. The Bertz CT molecular complexity index is 218. The SMILES string of the molecule is C1=CC2CCC1C2.C=CCCC(=O)O. The standard InChI is InChI=1S/C7H10.C5H8O2/c1-2-7-4-3-6(1)5-7;1-2-3-4-5(6)7/h1-2,6-7H,3-5H2;2H,1,3-4H2,(H,6,7). The van der Waals surface area contributed by atoms with Gasteiger partial charge in [-0.1, -0.05) is 18.2 Å². The summed E-state index contributed by atoms with van der Waals surface area (Å²) in [6, 6.07) is 0. The van der Waals surface area contributed by atoms with Crippen LogP contribution in [0.1, 0.15) is 32.1 Å².